The standard InChI is InChI=1S/C18H13BrN2/c19-15-11-12(9-10-16(15)20)21-17-7-3-1-5-13(17)14-6-2-4-8-18(14)21/h1-11H,20H2. The molecule has 0 aliphatic heterocycles. The highest BCUT2D eigenvalue weighted by molar-refractivity contribution is 9.10. The SMILES string of the molecule is Nc1ccc(-n2c3ccccc3c3ccccc32)cc1Br. The van der Waals surface area contributed by atoms with E-state index in [9.17, 15) is 0 Å². The molecule has 0 aliphatic rings. The van der Waals surface area contributed by atoms with Gasteiger partial charge in [-0.1, -0.05) is 36.4 Å². The van der Waals surface area contributed by atoms with Gasteiger partial charge in [-0.3, -0.25) is 0 Å². The van der Waals surface area contributed by atoms with Crippen LogP contribution in [0, 0.1) is 0 Å². The highest BCUT2D eigenvalue weighted by Crippen LogP contribution is 2.33. The molecule has 21 heavy (non-hydrogen) atoms. The molecule has 0 saturated heterocycles. The third-order valence-corrected chi connectivity index (χ3v) is 4.51. The lowest BCUT2D eigenvalue weighted by Crippen LogP contribution is -1.95. The first-order valence-electron chi connectivity index (χ1n) is 6.79. The largest absolute Gasteiger partial charge is 0.398 e. The number of nitrogens with two attached hydrogens (primary N) is 1. The van der Waals surface area contributed by atoms with Gasteiger partial charge in [-0.2, -0.15) is 0 Å². The number of anilines is 1. The summed E-state index contributed by atoms with van der Waals surface area (Å²) in [6.45, 7) is 0. The van der Waals surface area contributed by atoms with Gasteiger partial charge in [0.05, 0.1) is 11.0 Å². The Bertz CT molecular complexity index is 916. The topological polar surface area (TPSA) is 30.9 Å². The maximum atomic E-state index is 5.91. The van der Waals surface area contributed by atoms with Crippen LogP contribution in [0.3, 0.4) is 0 Å². The third kappa shape index (κ3) is 1.85. The van der Waals surface area contributed by atoms with Crippen LogP contribution in [-0.4, -0.2) is 4.57 Å². The van der Waals surface area contributed by atoms with Crippen LogP contribution in [0.1, 0.15) is 0 Å². The van der Waals surface area contributed by atoms with E-state index in [-0.39, 0.29) is 0 Å². The number of rotatable bonds is 1. The molecule has 0 spiro atoms. The molecule has 0 atom stereocenters. The molecule has 102 valence electrons. The summed E-state index contributed by atoms with van der Waals surface area (Å²) in [4.78, 5) is 0. The molecular weight excluding hydrogens is 324 g/mol. The van der Waals surface area contributed by atoms with Gasteiger partial charge in [-0.15, -0.1) is 0 Å². The van der Waals surface area contributed by atoms with Gasteiger partial charge in [0.15, 0.2) is 0 Å². The number of para-hydroxylation sites is 2. The van der Waals surface area contributed by atoms with E-state index in [2.05, 4.69) is 81.2 Å². The Morgan fingerprint density at radius 1 is 0.762 bits per heavy atom. The molecule has 0 radical (unpaired) electrons. The molecule has 4 rings (SSSR count). The van der Waals surface area contributed by atoms with Crippen molar-refractivity contribution >= 4 is 43.4 Å². The Morgan fingerprint density at radius 2 is 1.33 bits per heavy atom. The summed E-state index contributed by atoms with van der Waals surface area (Å²) >= 11 is 3.52. The Kier molecular flexibility index (Phi) is 2.76. The normalized spacial score (nSPS) is 11.3. The van der Waals surface area contributed by atoms with Crippen molar-refractivity contribution in [3.8, 4) is 5.69 Å². The quantitative estimate of drug-likeness (QED) is 0.480. The van der Waals surface area contributed by atoms with Gasteiger partial charge in [0, 0.05) is 26.6 Å². The van der Waals surface area contributed by atoms with Crippen molar-refractivity contribution in [2.75, 3.05) is 5.73 Å². The third-order valence-electron chi connectivity index (χ3n) is 3.82. The Labute approximate surface area is 130 Å². The van der Waals surface area contributed by atoms with Gasteiger partial charge in [0.1, 0.15) is 0 Å². The number of halogens is 1. The van der Waals surface area contributed by atoms with Crippen LogP contribution in [0.2, 0.25) is 0 Å². The minimum atomic E-state index is 0.750. The summed E-state index contributed by atoms with van der Waals surface area (Å²) in [5.41, 5.74) is 10.2. The van der Waals surface area contributed by atoms with Gasteiger partial charge in [0.2, 0.25) is 0 Å². The molecule has 0 aliphatic carbocycles. The zero-order valence-corrected chi connectivity index (χ0v) is 12.8. The van der Waals surface area contributed by atoms with Crippen LogP contribution in [0.4, 0.5) is 5.69 Å². The summed E-state index contributed by atoms with van der Waals surface area (Å²) in [5, 5.41) is 2.53. The van der Waals surface area contributed by atoms with Crippen molar-refractivity contribution in [1.82, 2.24) is 4.57 Å². The second-order valence-corrected chi connectivity index (χ2v) is 5.93. The fourth-order valence-corrected chi connectivity index (χ4v) is 3.22. The van der Waals surface area contributed by atoms with Gasteiger partial charge < -0.3 is 10.3 Å². The van der Waals surface area contributed by atoms with E-state index >= 15 is 0 Å². The average Bonchev–Trinajstić information content (AvgIpc) is 2.85. The summed E-state index contributed by atoms with van der Waals surface area (Å²) in [6.07, 6.45) is 0. The maximum Gasteiger partial charge on any atom is 0.0541 e. The monoisotopic (exact) mass is 336 g/mol. The smallest absolute Gasteiger partial charge is 0.0541 e. The van der Waals surface area contributed by atoms with Crippen molar-refractivity contribution in [1.29, 1.82) is 0 Å². The highest BCUT2D eigenvalue weighted by atomic mass is 79.9. The predicted octanol–water partition coefficient (Wildman–Crippen LogP) is 5.13. The van der Waals surface area contributed by atoms with Gasteiger partial charge in [0.25, 0.3) is 0 Å². The lowest BCUT2D eigenvalue weighted by molar-refractivity contribution is 1.18. The Balaban J connectivity index is 2.17. The van der Waals surface area contributed by atoms with Crippen molar-refractivity contribution in [2.45, 2.75) is 0 Å². The zero-order valence-electron chi connectivity index (χ0n) is 11.3. The highest BCUT2D eigenvalue weighted by Gasteiger charge is 2.11. The Hall–Kier alpha value is -2.26. The maximum absolute atomic E-state index is 5.91. The van der Waals surface area contributed by atoms with Crippen LogP contribution in [0.15, 0.2) is 71.2 Å². The molecular formula is C18H13BrN2. The number of fused-ring (bicyclic) bond motifs is 3. The molecule has 1 aromatic heterocycles. The van der Waals surface area contributed by atoms with Crippen LogP contribution < -0.4 is 5.73 Å². The van der Waals surface area contributed by atoms with Crippen LogP contribution >= 0.6 is 15.9 Å². The lowest BCUT2D eigenvalue weighted by atomic mass is 10.2. The van der Waals surface area contributed by atoms with E-state index in [1.165, 1.54) is 21.8 Å². The fourth-order valence-electron chi connectivity index (χ4n) is 2.86. The second-order valence-electron chi connectivity index (χ2n) is 5.08. The molecule has 2 nitrogen and oxygen atoms in total. The zero-order chi connectivity index (χ0) is 14.4. The first kappa shape index (κ1) is 12.5. The molecule has 0 unspecified atom stereocenters. The number of hydrogen-bond donors (Lipinski definition) is 1. The number of nitrogen functional groups attached to an aromatic ring is 1. The van der Waals surface area contributed by atoms with Crippen molar-refractivity contribution < 1.29 is 0 Å². The minimum Gasteiger partial charge on any atom is -0.398 e. The van der Waals surface area contributed by atoms with E-state index in [4.69, 9.17) is 5.73 Å². The Morgan fingerprint density at radius 3 is 1.90 bits per heavy atom. The molecule has 0 amide bonds. The predicted molar refractivity (Wildman–Crippen MR) is 92.9 cm³/mol. The number of hydrogen-bond acceptors (Lipinski definition) is 1. The first-order chi connectivity index (χ1) is 10.3. The van der Waals surface area contributed by atoms with Crippen LogP contribution in [0.25, 0.3) is 27.5 Å². The van der Waals surface area contributed by atoms with E-state index < -0.39 is 0 Å². The van der Waals surface area contributed by atoms with Crippen molar-refractivity contribution in [2.24, 2.45) is 0 Å². The average molecular weight is 337 g/mol. The molecule has 4 aromatic rings. The van der Waals surface area contributed by atoms with E-state index in [1.807, 2.05) is 6.07 Å². The second kappa shape index (κ2) is 4.64. The summed E-state index contributed by atoms with van der Waals surface area (Å²) in [6, 6.07) is 23.0. The van der Waals surface area contributed by atoms with Crippen molar-refractivity contribution in [3.63, 3.8) is 0 Å². The van der Waals surface area contributed by atoms with Crippen molar-refractivity contribution in [3.05, 3.63) is 71.2 Å². The van der Waals surface area contributed by atoms with E-state index in [1.54, 1.807) is 0 Å². The van der Waals surface area contributed by atoms with E-state index in [0.717, 1.165) is 15.8 Å². The minimum absolute atomic E-state index is 0.750. The van der Waals surface area contributed by atoms with E-state index in [0.29, 0.717) is 0 Å². The first-order valence-corrected chi connectivity index (χ1v) is 7.58. The summed E-state index contributed by atoms with van der Waals surface area (Å²) in [5.74, 6) is 0. The van der Waals surface area contributed by atoms with Gasteiger partial charge in [-0.25, -0.2) is 0 Å². The molecule has 0 bridgehead atoms. The van der Waals surface area contributed by atoms with Gasteiger partial charge in [-0.05, 0) is 46.3 Å². The molecule has 2 N–H and O–H groups in total. The van der Waals surface area contributed by atoms with Gasteiger partial charge >= 0.3 is 0 Å². The molecule has 0 saturated carbocycles. The number of nitrogens with zero attached hydrogens (tertiary/aromatic N) is 1. The van der Waals surface area contributed by atoms with Crippen LogP contribution in [0.5, 0.6) is 0 Å². The molecule has 0 fully saturated rings. The van der Waals surface area contributed by atoms with Crippen LogP contribution in [-0.2, 0) is 0 Å². The molecule has 1 heterocycles. The molecule has 3 aromatic carbocycles. The summed E-state index contributed by atoms with van der Waals surface area (Å²) in [7, 11) is 0. The molecule has 3 heteroatoms. The fraction of sp³-hybridized carbons (Fsp3) is 0. The number of aromatic nitrogens is 1. The lowest BCUT2D eigenvalue weighted by Gasteiger charge is -2.09. The number of benzene rings is 3. The summed E-state index contributed by atoms with van der Waals surface area (Å²) < 4.78 is 3.19.